The highest BCUT2D eigenvalue weighted by atomic mass is 13.4. The van der Waals surface area contributed by atoms with Crippen LogP contribution in [0.3, 0.4) is 0 Å². The van der Waals surface area contributed by atoms with Crippen LogP contribution < -0.4 is 0 Å². The van der Waals surface area contributed by atoms with Gasteiger partial charge in [-0.3, -0.25) is 0 Å². The van der Waals surface area contributed by atoms with Gasteiger partial charge in [0, 0.05) is 0 Å². The molecule has 0 radical (unpaired) electrons. The minimum atomic E-state index is 0. The molecule has 0 unspecified atom stereocenters. The molecule has 0 aliphatic heterocycles. The van der Waals surface area contributed by atoms with Crippen LogP contribution in [-0.2, 0) is 0 Å². The molecule has 0 aromatic heterocycles. The number of rotatable bonds is 0. The van der Waals surface area contributed by atoms with Crippen molar-refractivity contribution in [2.45, 2.75) is 330 Å². The molecule has 0 saturated heterocycles. The molecule has 0 amide bonds. The van der Waals surface area contributed by atoms with Crippen LogP contribution in [0.4, 0.5) is 0 Å². The van der Waals surface area contributed by atoms with Crippen molar-refractivity contribution in [2.75, 3.05) is 0 Å². The van der Waals surface area contributed by atoms with E-state index in [1.807, 2.05) is 194 Å². The SMILES string of the molecule is C.C.CC.CC.CC.CC.CC.CC.CC.CC.CC.CC.CC.CC.CC.CC.CCC.CCC.CCC.CCC.CCC.CCC. The summed E-state index contributed by atoms with van der Waals surface area (Å²) in [6, 6.07) is 0. The van der Waals surface area contributed by atoms with E-state index in [4.69, 9.17) is 0 Å². The Kier molecular flexibility index (Phi) is 9030. The highest BCUT2D eigenvalue weighted by molar-refractivity contribution is 3.93. The largest absolute Gasteiger partial charge is 0.0776 e. The Morgan fingerprint density at radius 2 is 0.125 bits per heavy atom. The fraction of sp³-hybridized carbons (Fsp3) is 1.00. The zero-order valence-corrected chi connectivity index (χ0v) is 44.2. The molecule has 0 aliphatic rings. The van der Waals surface area contributed by atoms with Gasteiger partial charge in [-0.25, -0.2) is 0 Å². The van der Waals surface area contributed by atoms with E-state index in [2.05, 4.69) is 83.1 Å². The topological polar surface area (TPSA) is 0 Å². The highest BCUT2D eigenvalue weighted by Gasteiger charge is 1.37. The predicted octanol–water partition coefficient (Wildman–Crippen LogP) is 24.1. The lowest BCUT2D eigenvalue weighted by Gasteiger charge is -1.48. The maximum absolute atomic E-state index is 2.12. The van der Waals surface area contributed by atoms with Crippen molar-refractivity contribution in [1.29, 1.82) is 0 Å². The van der Waals surface area contributed by atoms with Gasteiger partial charge >= 0.3 is 0 Å². The van der Waals surface area contributed by atoms with Crippen molar-refractivity contribution in [3.8, 4) is 0 Å². The van der Waals surface area contributed by atoms with Crippen LogP contribution in [0.2, 0.25) is 0 Å². The lowest BCUT2D eigenvalue weighted by molar-refractivity contribution is 1.09. The van der Waals surface area contributed by atoms with Crippen LogP contribution in [0.1, 0.15) is 330 Å². The molecular weight excluding hydrogens is 577 g/mol. The average Bonchev–Trinajstić information content (AvgIpc) is 3.18. The second-order valence-corrected chi connectivity index (χ2v) is 4.24. The molecular formula is C48H140. The third kappa shape index (κ3) is 0. The molecule has 0 spiro atoms. The monoisotopic (exact) mass is 717 g/mol. The summed E-state index contributed by atoms with van der Waals surface area (Å²) in [6.07, 6.45) is 7.50. The molecule has 332 valence electrons. The van der Waals surface area contributed by atoms with Crippen molar-refractivity contribution in [1.82, 2.24) is 0 Å². The quantitative estimate of drug-likeness (QED) is 0.234. The summed E-state index contributed by atoms with van der Waals surface area (Å²) < 4.78 is 0. The van der Waals surface area contributed by atoms with Gasteiger partial charge in [-0.2, -0.15) is 0 Å². The first-order valence-corrected chi connectivity index (χ1v) is 22.5. The Labute approximate surface area is 329 Å². The predicted molar refractivity (Wildman–Crippen MR) is 268 cm³/mol. The molecule has 0 heterocycles. The maximum Gasteiger partial charge on any atom is -0.0590 e. The Balaban J connectivity index is -0.00000000742. The second-order valence-electron chi connectivity index (χ2n) is 4.24. The number of hydrogen-bond donors (Lipinski definition) is 0. The molecule has 0 saturated carbocycles. The van der Waals surface area contributed by atoms with Gasteiger partial charge in [0.1, 0.15) is 0 Å². The third-order valence-electron chi connectivity index (χ3n) is 0. The van der Waals surface area contributed by atoms with Crippen LogP contribution in [-0.4, -0.2) is 0 Å². The summed E-state index contributed by atoms with van der Waals surface area (Å²) in [5, 5.41) is 0. The summed E-state index contributed by atoms with van der Waals surface area (Å²) in [5.41, 5.74) is 0. The number of hydrogen-bond acceptors (Lipinski definition) is 0. The van der Waals surface area contributed by atoms with E-state index in [9.17, 15) is 0 Å². The van der Waals surface area contributed by atoms with Crippen molar-refractivity contribution in [3.63, 3.8) is 0 Å². The Hall–Kier alpha value is 0. The Morgan fingerprint density at radius 3 is 0.125 bits per heavy atom. The van der Waals surface area contributed by atoms with E-state index in [0.29, 0.717) is 0 Å². The molecule has 0 aromatic rings. The minimum absolute atomic E-state index is 0. The first-order valence-electron chi connectivity index (χ1n) is 22.5. The summed E-state index contributed by atoms with van der Waals surface area (Å²) in [5.74, 6) is 0. The lowest BCUT2D eigenvalue weighted by atomic mass is 10.6. The smallest absolute Gasteiger partial charge is 0.0590 e. The van der Waals surface area contributed by atoms with Crippen LogP contribution in [0.25, 0.3) is 0 Å². The summed E-state index contributed by atoms with van der Waals surface area (Å²) in [6.45, 7) is 81.5. The average molecular weight is 718 g/mol. The molecule has 0 bridgehead atoms. The first kappa shape index (κ1) is 157. The van der Waals surface area contributed by atoms with Crippen molar-refractivity contribution in [2.24, 2.45) is 0 Å². The van der Waals surface area contributed by atoms with Crippen LogP contribution in [0, 0.1) is 0 Å². The molecule has 0 atom stereocenters. The molecule has 0 aliphatic carbocycles. The lowest BCUT2D eigenvalue weighted by Crippen LogP contribution is -1.27. The molecule has 48 heavy (non-hydrogen) atoms. The summed E-state index contributed by atoms with van der Waals surface area (Å²) in [4.78, 5) is 0. The zero-order chi connectivity index (χ0) is 44.2. The van der Waals surface area contributed by atoms with Crippen LogP contribution in [0.5, 0.6) is 0 Å². The minimum Gasteiger partial charge on any atom is -0.0776 e. The highest BCUT2D eigenvalue weighted by Crippen LogP contribution is 1.57. The Morgan fingerprint density at radius 1 is 0.125 bits per heavy atom. The fourth-order valence-corrected chi connectivity index (χ4v) is 0. The van der Waals surface area contributed by atoms with Gasteiger partial charge < -0.3 is 0 Å². The van der Waals surface area contributed by atoms with Gasteiger partial charge in [0.15, 0.2) is 0 Å². The van der Waals surface area contributed by atoms with Gasteiger partial charge in [-0.15, -0.1) is 0 Å². The standard InChI is InChI=1S/6C3H8.14C2H6.2CH4/c6*1-3-2;14*1-2;;/h6*3H2,1-2H3;14*1-2H3;2*1H4. The van der Waals surface area contributed by atoms with E-state index in [1.165, 1.54) is 38.5 Å². The maximum atomic E-state index is 2.12. The third-order valence-corrected chi connectivity index (χ3v) is 0. The summed E-state index contributed by atoms with van der Waals surface area (Å²) in [7, 11) is 0. The van der Waals surface area contributed by atoms with Gasteiger partial charge in [0.05, 0.1) is 0 Å². The van der Waals surface area contributed by atoms with E-state index >= 15 is 0 Å². The van der Waals surface area contributed by atoms with Crippen LogP contribution >= 0.6 is 0 Å². The van der Waals surface area contributed by atoms with Crippen molar-refractivity contribution < 1.29 is 0 Å². The van der Waals surface area contributed by atoms with Crippen LogP contribution in [0.15, 0.2) is 0 Å². The van der Waals surface area contributed by atoms with E-state index < -0.39 is 0 Å². The fourth-order valence-electron chi connectivity index (χ4n) is 0. The molecule has 0 N–H and O–H groups in total. The molecule has 0 nitrogen and oxygen atoms in total. The summed E-state index contributed by atoms with van der Waals surface area (Å²) >= 11 is 0. The van der Waals surface area contributed by atoms with E-state index in [-0.39, 0.29) is 14.9 Å². The Bertz CT molecular complexity index is 15.5. The van der Waals surface area contributed by atoms with Gasteiger partial charge in [0.2, 0.25) is 0 Å². The second kappa shape index (κ2) is 2760. The van der Waals surface area contributed by atoms with E-state index in [1.54, 1.807) is 0 Å². The normalized spacial score (nSPS) is 4.00. The van der Waals surface area contributed by atoms with Crippen molar-refractivity contribution in [3.05, 3.63) is 0 Å². The van der Waals surface area contributed by atoms with Crippen molar-refractivity contribution >= 4 is 0 Å². The first-order chi connectivity index (χ1) is 22.5. The molecule has 0 rings (SSSR count). The molecule has 0 aromatic carbocycles. The molecule has 0 fully saturated rings. The zero-order valence-electron chi connectivity index (χ0n) is 44.2. The van der Waals surface area contributed by atoms with Gasteiger partial charge in [-0.05, 0) is 0 Å². The molecule has 0 heteroatoms. The van der Waals surface area contributed by atoms with Gasteiger partial charge in [-0.1, -0.05) is 330 Å². The van der Waals surface area contributed by atoms with E-state index in [0.717, 1.165) is 0 Å². The van der Waals surface area contributed by atoms with Gasteiger partial charge in [0.25, 0.3) is 0 Å².